The molecule has 0 heterocycles. The van der Waals surface area contributed by atoms with Gasteiger partial charge in [0, 0.05) is 18.7 Å². The minimum absolute atomic E-state index is 0.0442. The third kappa shape index (κ3) is 8.76. The summed E-state index contributed by atoms with van der Waals surface area (Å²) in [5.74, 6) is -0.657. The molecular formula is C26H49N3O4. The highest BCUT2D eigenvalue weighted by atomic mass is 16.5. The van der Waals surface area contributed by atoms with Gasteiger partial charge in [0.2, 0.25) is 11.8 Å². The lowest BCUT2D eigenvalue weighted by molar-refractivity contribution is -0.140. The maximum Gasteiger partial charge on any atom is 0.333 e. The van der Waals surface area contributed by atoms with Crippen LogP contribution in [0.3, 0.4) is 0 Å². The summed E-state index contributed by atoms with van der Waals surface area (Å²) in [6.07, 6.45) is 3.79. The fraction of sp³-hybridized carbons (Fsp3) is 0.808. The van der Waals surface area contributed by atoms with Gasteiger partial charge in [0.25, 0.3) is 0 Å². The van der Waals surface area contributed by atoms with Gasteiger partial charge in [-0.3, -0.25) is 9.59 Å². The Morgan fingerprint density at radius 2 is 1.55 bits per heavy atom. The summed E-state index contributed by atoms with van der Waals surface area (Å²) in [7, 11) is 1.74. The molecule has 0 fully saturated rings. The third-order valence-corrected chi connectivity index (χ3v) is 6.47. The van der Waals surface area contributed by atoms with Crippen LogP contribution in [0.1, 0.15) is 88.5 Å². The molecule has 0 spiro atoms. The first-order chi connectivity index (χ1) is 15.3. The van der Waals surface area contributed by atoms with E-state index in [1.54, 1.807) is 31.9 Å². The third-order valence-electron chi connectivity index (χ3n) is 6.47. The van der Waals surface area contributed by atoms with E-state index in [0.717, 1.165) is 6.42 Å². The Labute approximate surface area is 202 Å². The van der Waals surface area contributed by atoms with Crippen molar-refractivity contribution in [2.45, 2.75) is 112 Å². The van der Waals surface area contributed by atoms with Gasteiger partial charge in [0.15, 0.2) is 0 Å². The van der Waals surface area contributed by atoms with Crippen molar-refractivity contribution in [3.63, 3.8) is 0 Å². The molecule has 0 aliphatic rings. The molecule has 7 heteroatoms. The van der Waals surface area contributed by atoms with Crippen molar-refractivity contribution in [1.82, 2.24) is 15.5 Å². The van der Waals surface area contributed by atoms with E-state index in [1.165, 1.54) is 0 Å². The molecule has 0 aromatic rings. The van der Waals surface area contributed by atoms with E-state index >= 15 is 0 Å². The Morgan fingerprint density at radius 3 is 1.94 bits per heavy atom. The Morgan fingerprint density at radius 1 is 1.00 bits per heavy atom. The Kier molecular flexibility index (Phi) is 13.6. The summed E-state index contributed by atoms with van der Waals surface area (Å²) < 4.78 is 5.10. The van der Waals surface area contributed by atoms with Gasteiger partial charge in [0.1, 0.15) is 6.04 Å². The van der Waals surface area contributed by atoms with Crippen molar-refractivity contribution in [1.29, 1.82) is 0 Å². The Balaban J connectivity index is 6.00. The predicted octanol–water partition coefficient (Wildman–Crippen LogP) is 4.07. The molecule has 0 rings (SSSR count). The number of ether oxygens (including phenoxy) is 1. The highest BCUT2D eigenvalue weighted by Gasteiger charge is 2.39. The summed E-state index contributed by atoms with van der Waals surface area (Å²) in [6, 6.07) is -0.824. The van der Waals surface area contributed by atoms with E-state index in [-0.39, 0.29) is 41.7 Å². The van der Waals surface area contributed by atoms with Gasteiger partial charge in [-0.05, 0) is 52.4 Å². The van der Waals surface area contributed by atoms with Crippen molar-refractivity contribution in [2.24, 2.45) is 11.8 Å². The summed E-state index contributed by atoms with van der Waals surface area (Å²) in [6.45, 7) is 19.8. The number of hydrogen-bond donors (Lipinski definition) is 2. The standard InChI is InChI=1S/C26H49N3O4/c1-12-19(9)22(27-25(32)26(13-2,14-3)28-18(7)8)23(30)29(11)21(17(5)6)16-20(10)24(31)33-15-4/h16-19,21-22,28H,12-15H2,1-11H3,(H,27,32)/b20-16+/t19-,21+,22-/m0/s1. The van der Waals surface area contributed by atoms with E-state index in [0.29, 0.717) is 25.0 Å². The molecular weight excluding hydrogens is 418 g/mol. The van der Waals surface area contributed by atoms with Crippen molar-refractivity contribution in [2.75, 3.05) is 13.7 Å². The van der Waals surface area contributed by atoms with Gasteiger partial charge in [-0.25, -0.2) is 4.79 Å². The number of amides is 2. The minimum Gasteiger partial charge on any atom is -0.463 e. The van der Waals surface area contributed by atoms with Gasteiger partial charge in [-0.15, -0.1) is 0 Å². The van der Waals surface area contributed by atoms with E-state index in [9.17, 15) is 14.4 Å². The predicted molar refractivity (Wildman–Crippen MR) is 135 cm³/mol. The zero-order chi connectivity index (χ0) is 25.9. The lowest BCUT2D eigenvalue weighted by atomic mass is 9.88. The Bertz CT molecular complexity index is 668. The van der Waals surface area contributed by atoms with Crippen molar-refractivity contribution in [3.8, 4) is 0 Å². The topological polar surface area (TPSA) is 87.7 Å². The number of hydrogen-bond acceptors (Lipinski definition) is 5. The minimum atomic E-state index is -0.726. The van der Waals surface area contributed by atoms with Crippen LogP contribution >= 0.6 is 0 Å². The second-order valence-electron chi connectivity index (χ2n) is 9.68. The van der Waals surface area contributed by atoms with Crippen LogP contribution in [0.2, 0.25) is 0 Å². The first-order valence-electron chi connectivity index (χ1n) is 12.5. The molecule has 33 heavy (non-hydrogen) atoms. The number of carbonyl (C=O) groups is 3. The molecule has 2 amide bonds. The molecule has 0 saturated heterocycles. The van der Waals surface area contributed by atoms with Crippen molar-refractivity contribution >= 4 is 17.8 Å². The number of nitrogens with zero attached hydrogens (tertiary/aromatic N) is 1. The molecule has 0 aromatic carbocycles. The zero-order valence-corrected chi connectivity index (χ0v) is 22.9. The van der Waals surface area contributed by atoms with Crippen LogP contribution < -0.4 is 10.6 Å². The largest absolute Gasteiger partial charge is 0.463 e. The van der Waals surface area contributed by atoms with Crippen LogP contribution in [0, 0.1) is 11.8 Å². The van der Waals surface area contributed by atoms with Gasteiger partial charge in [0.05, 0.1) is 18.2 Å². The average Bonchev–Trinajstić information content (AvgIpc) is 2.77. The first kappa shape index (κ1) is 31.1. The van der Waals surface area contributed by atoms with Crippen molar-refractivity contribution < 1.29 is 19.1 Å². The highest BCUT2D eigenvalue weighted by Crippen LogP contribution is 2.21. The number of esters is 1. The van der Waals surface area contributed by atoms with Crippen LogP contribution in [0.25, 0.3) is 0 Å². The molecule has 192 valence electrons. The summed E-state index contributed by atoms with van der Waals surface area (Å²) in [5.41, 5.74) is -0.257. The van der Waals surface area contributed by atoms with Gasteiger partial charge < -0.3 is 20.3 Å². The lowest BCUT2D eigenvalue weighted by Crippen LogP contribution is -2.63. The molecule has 3 atom stereocenters. The molecule has 0 aromatic heterocycles. The molecule has 0 aliphatic heterocycles. The van der Waals surface area contributed by atoms with E-state index in [4.69, 9.17) is 4.74 Å². The normalized spacial score (nSPS) is 15.2. The maximum atomic E-state index is 13.7. The Hall–Kier alpha value is -1.89. The summed E-state index contributed by atoms with van der Waals surface area (Å²) in [4.78, 5) is 40.9. The molecule has 7 nitrogen and oxygen atoms in total. The molecule has 0 saturated carbocycles. The van der Waals surface area contributed by atoms with E-state index < -0.39 is 11.6 Å². The SMILES string of the molecule is CCOC(=O)/C(C)=C/[C@H](C(C)C)N(C)C(=O)[C@@H](NC(=O)C(CC)(CC)NC(C)C)[C@@H](C)CC. The van der Waals surface area contributed by atoms with Crippen molar-refractivity contribution in [3.05, 3.63) is 11.6 Å². The smallest absolute Gasteiger partial charge is 0.333 e. The van der Waals surface area contributed by atoms with Crippen LogP contribution in [0.4, 0.5) is 0 Å². The molecule has 0 aliphatic carbocycles. The molecule has 0 bridgehead atoms. The average molecular weight is 468 g/mol. The van der Waals surface area contributed by atoms with Gasteiger partial charge in [-0.2, -0.15) is 0 Å². The summed E-state index contributed by atoms with van der Waals surface area (Å²) >= 11 is 0. The van der Waals surface area contributed by atoms with E-state index in [1.807, 2.05) is 55.4 Å². The first-order valence-corrected chi connectivity index (χ1v) is 12.5. The monoisotopic (exact) mass is 467 g/mol. The van der Waals surface area contributed by atoms with Crippen LogP contribution in [0.5, 0.6) is 0 Å². The number of likely N-dealkylation sites (N-methyl/N-ethyl adjacent to an activating group) is 1. The number of rotatable bonds is 14. The molecule has 2 N–H and O–H groups in total. The molecule has 0 unspecified atom stereocenters. The van der Waals surface area contributed by atoms with Crippen LogP contribution in [-0.4, -0.2) is 60.0 Å². The van der Waals surface area contributed by atoms with Crippen LogP contribution in [0.15, 0.2) is 11.6 Å². The second-order valence-corrected chi connectivity index (χ2v) is 9.68. The highest BCUT2D eigenvalue weighted by molar-refractivity contribution is 5.92. The lowest BCUT2D eigenvalue weighted by Gasteiger charge is -2.38. The van der Waals surface area contributed by atoms with Crippen LogP contribution in [-0.2, 0) is 19.1 Å². The fourth-order valence-electron chi connectivity index (χ4n) is 4.04. The number of carbonyl (C=O) groups excluding carboxylic acids is 3. The maximum absolute atomic E-state index is 13.7. The second kappa shape index (κ2) is 14.4. The van der Waals surface area contributed by atoms with Gasteiger partial charge >= 0.3 is 5.97 Å². The summed E-state index contributed by atoms with van der Waals surface area (Å²) in [5, 5.41) is 6.50. The molecule has 0 radical (unpaired) electrons. The quantitative estimate of drug-likeness (QED) is 0.297. The fourth-order valence-corrected chi connectivity index (χ4v) is 4.04. The van der Waals surface area contributed by atoms with E-state index in [2.05, 4.69) is 10.6 Å². The number of nitrogens with one attached hydrogen (secondary N) is 2. The zero-order valence-electron chi connectivity index (χ0n) is 22.9. The van der Waals surface area contributed by atoms with Gasteiger partial charge in [-0.1, -0.05) is 54.0 Å².